The predicted molar refractivity (Wildman–Crippen MR) is 119 cm³/mol. The van der Waals surface area contributed by atoms with Gasteiger partial charge in [-0.15, -0.1) is 10.2 Å². The predicted octanol–water partition coefficient (Wildman–Crippen LogP) is 6.71. The molecule has 144 valence electrons. The topological polar surface area (TPSA) is 64.0 Å². The van der Waals surface area contributed by atoms with Crippen molar-refractivity contribution in [2.24, 2.45) is 0 Å². The van der Waals surface area contributed by atoms with E-state index in [0.717, 1.165) is 26.0 Å². The summed E-state index contributed by atoms with van der Waals surface area (Å²) in [5.41, 5.74) is 3.02. The maximum atomic E-state index is 5.59. The van der Waals surface area contributed by atoms with E-state index in [1.54, 1.807) is 0 Å². The quantitative estimate of drug-likeness (QED) is 0.284. The smallest absolute Gasteiger partial charge is 0.360 e. The van der Waals surface area contributed by atoms with Crippen molar-refractivity contribution in [3.05, 3.63) is 87.0 Å². The van der Waals surface area contributed by atoms with Gasteiger partial charge in [0, 0.05) is 26.0 Å². The molecule has 0 amide bonds. The molecule has 4 rings (SSSR count). The summed E-state index contributed by atoms with van der Waals surface area (Å²) in [6.07, 6.45) is 0. The lowest BCUT2D eigenvalue weighted by atomic mass is 10.2. The van der Waals surface area contributed by atoms with E-state index in [1.165, 1.54) is 0 Å². The van der Waals surface area contributed by atoms with Gasteiger partial charge in [-0.3, -0.25) is 0 Å². The van der Waals surface area contributed by atoms with Crippen LogP contribution >= 0.6 is 43.5 Å². The van der Waals surface area contributed by atoms with Crippen molar-refractivity contribution in [3.8, 4) is 11.8 Å². The third-order valence-corrected chi connectivity index (χ3v) is 5.12. The Kier molecular flexibility index (Phi) is 6.03. The first-order chi connectivity index (χ1) is 14.1. The van der Waals surface area contributed by atoms with Crippen LogP contribution in [-0.4, -0.2) is 20.4 Å². The van der Waals surface area contributed by atoms with E-state index in [2.05, 4.69) is 81.4 Å². The first-order valence-electron chi connectivity index (χ1n) is 8.40. The highest BCUT2D eigenvalue weighted by atomic mass is 79.9. The maximum Gasteiger partial charge on any atom is 0.360 e. The summed E-state index contributed by atoms with van der Waals surface area (Å²) in [4.78, 5) is 2.14. The Balaban J connectivity index is 1.66. The van der Waals surface area contributed by atoms with Crippen molar-refractivity contribution in [1.29, 1.82) is 0 Å². The molecule has 0 saturated heterocycles. The normalized spacial score (nSPS) is 10.6. The summed E-state index contributed by atoms with van der Waals surface area (Å²) in [7, 11) is 0. The number of hydrogen-bond donors (Lipinski definition) is 0. The summed E-state index contributed by atoms with van der Waals surface area (Å²) >= 11 is 12.6. The molecule has 3 aromatic carbocycles. The van der Waals surface area contributed by atoms with Crippen molar-refractivity contribution in [1.82, 2.24) is 20.4 Å². The maximum absolute atomic E-state index is 5.59. The van der Waals surface area contributed by atoms with Crippen molar-refractivity contribution < 1.29 is 4.74 Å². The molecule has 9 heteroatoms. The Morgan fingerprint density at radius 2 is 1.03 bits per heavy atom. The van der Waals surface area contributed by atoms with Gasteiger partial charge in [0.2, 0.25) is 0 Å². The first kappa shape index (κ1) is 19.8. The Bertz CT molecular complexity index is 1050. The van der Waals surface area contributed by atoms with Crippen LogP contribution in [-0.2, 0) is 0 Å². The van der Waals surface area contributed by atoms with Gasteiger partial charge in [0.1, 0.15) is 5.75 Å². The number of rotatable bonds is 5. The van der Waals surface area contributed by atoms with Gasteiger partial charge in [-0.2, -0.15) is 0 Å². The van der Waals surface area contributed by atoms with Crippen molar-refractivity contribution in [2.45, 2.75) is 0 Å². The average molecular weight is 534 g/mol. The average Bonchev–Trinajstić information content (AvgIpc) is 2.74. The van der Waals surface area contributed by atoms with Crippen LogP contribution in [0.4, 0.5) is 17.1 Å². The SMILES string of the molecule is Clc1nnc(Oc2ccc(N(c3ccc(Br)cc3)c3ccc(Br)cc3)cc2)nn1. The monoisotopic (exact) mass is 531 g/mol. The van der Waals surface area contributed by atoms with E-state index >= 15 is 0 Å². The number of aromatic nitrogens is 4. The zero-order valence-electron chi connectivity index (χ0n) is 14.7. The van der Waals surface area contributed by atoms with Gasteiger partial charge >= 0.3 is 6.01 Å². The molecule has 0 bridgehead atoms. The molecule has 1 aromatic heterocycles. The van der Waals surface area contributed by atoms with Gasteiger partial charge < -0.3 is 9.64 Å². The third kappa shape index (κ3) is 4.90. The lowest BCUT2D eigenvalue weighted by Gasteiger charge is -2.25. The molecular weight excluding hydrogens is 522 g/mol. The van der Waals surface area contributed by atoms with Crippen LogP contribution in [0.2, 0.25) is 5.28 Å². The molecule has 0 unspecified atom stereocenters. The number of anilines is 3. The summed E-state index contributed by atoms with van der Waals surface area (Å²) in [5, 5.41) is 14.7. The molecular formula is C20H12Br2ClN5O. The van der Waals surface area contributed by atoms with Crippen LogP contribution < -0.4 is 9.64 Å². The Hall–Kier alpha value is -2.55. The van der Waals surface area contributed by atoms with Crippen LogP contribution in [0.3, 0.4) is 0 Å². The minimum atomic E-state index is -0.0349. The summed E-state index contributed by atoms with van der Waals surface area (Å²) in [5.74, 6) is 0.561. The number of nitrogens with zero attached hydrogens (tertiary/aromatic N) is 5. The van der Waals surface area contributed by atoms with Crippen molar-refractivity contribution in [3.63, 3.8) is 0 Å². The van der Waals surface area contributed by atoms with Crippen LogP contribution in [0.1, 0.15) is 0 Å². The van der Waals surface area contributed by atoms with Gasteiger partial charge in [-0.05, 0) is 84.4 Å². The molecule has 0 fully saturated rings. The second-order valence-corrected chi connectivity index (χ2v) is 8.01. The first-order valence-corrected chi connectivity index (χ1v) is 10.4. The third-order valence-electron chi connectivity index (χ3n) is 3.91. The van der Waals surface area contributed by atoms with E-state index < -0.39 is 0 Å². The summed E-state index contributed by atoms with van der Waals surface area (Å²) in [6.45, 7) is 0. The van der Waals surface area contributed by atoms with Crippen LogP contribution in [0.25, 0.3) is 0 Å². The molecule has 4 aromatic rings. The highest BCUT2D eigenvalue weighted by Crippen LogP contribution is 2.36. The van der Waals surface area contributed by atoms with E-state index in [1.807, 2.05) is 48.5 Å². The van der Waals surface area contributed by atoms with Gasteiger partial charge in [-0.1, -0.05) is 42.1 Å². The summed E-state index contributed by atoms with van der Waals surface area (Å²) in [6, 6.07) is 23.8. The fourth-order valence-electron chi connectivity index (χ4n) is 2.65. The molecule has 0 N–H and O–H groups in total. The number of benzene rings is 3. The van der Waals surface area contributed by atoms with Gasteiger partial charge in [-0.25, -0.2) is 0 Å². The Labute approximate surface area is 188 Å². The fraction of sp³-hybridized carbons (Fsp3) is 0. The second-order valence-electron chi connectivity index (χ2n) is 5.84. The molecule has 0 aliphatic carbocycles. The molecule has 1 heterocycles. The minimum Gasteiger partial charge on any atom is -0.422 e. The largest absolute Gasteiger partial charge is 0.422 e. The Morgan fingerprint density at radius 1 is 0.621 bits per heavy atom. The van der Waals surface area contributed by atoms with Crippen LogP contribution in [0.15, 0.2) is 81.7 Å². The molecule has 0 aliphatic heterocycles. The highest BCUT2D eigenvalue weighted by Gasteiger charge is 2.13. The van der Waals surface area contributed by atoms with Crippen molar-refractivity contribution in [2.75, 3.05) is 4.90 Å². The molecule has 0 aliphatic rings. The fourth-order valence-corrected chi connectivity index (χ4v) is 3.25. The second kappa shape index (κ2) is 8.86. The van der Waals surface area contributed by atoms with Crippen LogP contribution in [0.5, 0.6) is 11.8 Å². The van der Waals surface area contributed by atoms with E-state index in [-0.39, 0.29) is 11.3 Å². The zero-order valence-corrected chi connectivity index (χ0v) is 18.6. The van der Waals surface area contributed by atoms with Gasteiger partial charge in [0.05, 0.1) is 0 Å². The van der Waals surface area contributed by atoms with E-state index in [9.17, 15) is 0 Å². The molecule has 0 radical (unpaired) electrons. The minimum absolute atomic E-state index is 0.0276. The van der Waals surface area contributed by atoms with Crippen LogP contribution in [0, 0.1) is 0 Å². The lowest BCUT2D eigenvalue weighted by Crippen LogP contribution is -2.09. The Morgan fingerprint density at radius 3 is 1.48 bits per heavy atom. The highest BCUT2D eigenvalue weighted by molar-refractivity contribution is 9.10. The lowest BCUT2D eigenvalue weighted by molar-refractivity contribution is 0.423. The molecule has 0 atom stereocenters. The van der Waals surface area contributed by atoms with Gasteiger partial charge in [0.15, 0.2) is 0 Å². The summed E-state index contributed by atoms with van der Waals surface area (Å²) < 4.78 is 7.61. The molecule has 6 nitrogen and oxygen atoms in total. The molecule has 0 spiro atoms. The standard InChI is InChI=1S/C20H12Br2ClN5O/c21-13-1-5-15(6-2-13)28(16-7-3-14(22)4-8-16)17-9-11-18(12-10-17)29-20-26-24-19(23)25-27-20/h1-12H. The zero-order chi connectivity index (χ0) is 20.2. The number of ether oxygens (including phenoxy) is 1. The number of halogens is 3. The van der Waals surface area contributed by atoms with E-state index in [4.69, 9.17) is 16.3 Å². The van der Waals surface area contributed by atoms with E-state index in [0.29, 0.717) is 5.75 Å². The van der Waals surface area contributed by atoms with Crippen molar-refractivity contribution >= 4 is 60.5 Å². The van der Waals surface area contributed by atoms with Gasteiger partial charge in [0.25, 0.3) is 5.28 Å². The molecule has 0 saturated carbocycles. The number of hydrogen-bond acceptors (Lipinski definition) is 6. The molecule has 29 heavy (non-hydrogen) atoms.